The smallest absolute Gasteiger partial charge is 0.256 e. The van der Waals surface area contributed by atoms with Gasteiger partial charge in [0.05, 0.1) is 6.61 Å². The highest BCUT2D eigenvalue weighted by atomic mass is 35.5. The van der Waals surface area contributed by atoms with Gasteiger partial charge in [-0.2, -0.15) is 0 Å². The molecule has 0 aliphatic carbocycles. The maximum atomic E-state index is 12.4. The zero-order chi connectivity index (χ0) is 18.5. The Hall–Kier alpha value is -2.83. The minimum Gasteiger partial charge on any atom is -0.506 e. The molecule has 134 valence electrons. The van der Waals surface area contributed by atoms with E-state index in [-0.39, 0.29) is 24.5 Å². The number of hydrogen-bond donors (Lipinski definition) is 3. The van der Waals surface area contributed by atoms with Crippen LogP contribution in [0.15, 0.2) is 48.7 Å². The van der Waals surface area contributed by atoms with Gasteiger partial charge in [0.1, 0.15) is 29.2 Å². The van der Waals surface area contributed by atoms with Crippen LogP contribution in [0.5, 0.6) is 11.5 Å². The Balaban J connectivity index is 1.82. The lowest BCUT2D eigenvalue weighted by atomic mass is 10.1. The minimum absolute atomic E-state index is 0.0748. The molecule has 3 aromatic rings. The number of fused-ring (bicyclic) bond motifs is 1. The molecule has 0 unspecified atom stereocenters. The molecule has 3 rings (SSSR count). The summed E-state index contributed by atoms with van der Waals surface area (Å²) in [6.45, 7) is 0.283. The second kappa shape index (κ2) is 8.03. The molecule has 6 nitrogen and oxygen atoms in total. The molecule has 2 aromatic carbocycles. The summed E-state index contributed by atoms with van der Waals surface area (Å²) in [4.78, 5) is 16.6. The predicted octanol–water partition coefficient (Wildman–Crippen LogP) is 2.89. The molecule has 0 aliphatic rings. The van der Waals surface area contributed by atoms with Crippen LogP contribution in [0.4, 0.5) is 0 Å². The number of benzene rings is 2. The van der Waals surface area contributed by atoms with E-state index < -0.39 is 5.91 Å². The van der Waals surface area contributed by atoms with Crippen LogP contribution in [0.3, 0.4) is 0 Å². The van der Waals surface area contributed by atoms with E-state index in [1.807, 2.05) is 12.1 Å². The summed E-state index contributed by atoms with van der Waals surface area (Å²) in [5.74, 6) is -0.174. The van der Waals surface area contributed by atoms with Crippen molar-refractivity contribution in [1.29, 1.82) is 0 Å². The molecule has 0 saturated carbocycles. The Kier molecular flexibility index (Phi) is 5.55. The van der Waals surface area contributed by atoms with Crippen molar-refractivity contribution in [1.82, 2.24) is 10.3 Å². The Morgan fingerprint density at radius 1 is 1.19 bits per heavy atom. The topological polar surface area (TPSA) is 91.7 Å². The first-order valence-corrected chi connectivity index (χ1v) is 8.35. The number of carbonyl (C=O) groups excluding carboxylic acids is 1. The van der Waals surface area contributed by atoms with Crippen molar-refractivity contribution in [3.8, 4) is 11.5 Å². The molecule has 0 spiro atoms. The second-order valence-electron chi connectivity index (χ2n) is 5.55. The molecule has 0 fully saturated rings. The highest BCUT2D eigenvalue weighted by molar-refractivity contribution is 6.30. The second-order valence-corrected chi connectivity index (χ2v) is 5.99. The van der Waals surface area contributed by atoms with Gasteiger partial charge in [0.25, 0.3) is 5.91 Å². The van der Waals surface area contributed by atoms with Crippen molar-refractivity contribution < 1.29 is 19.7 Å². The van der Waals surface area contributed by atoms with Gasteiger partial charge in [-0.05, 0) is 29.8 Å². The molecule has 0 atom stereocenters. The van der Waals surface area contributed by atoms with Crippen molar-refractivity contribution in [2.75, 3.05) is 13.2 Å². The first-order chi connectivity index (χ1) is 12.6. The maximum Gasteiger partial charge on any atom is 0.256 e. The zero-order valence-electron chi connectivity index (χ0n) is 13.8. The number of para-hydroxylation sites is 1. The van der Waals surface area contributed by atoms with E-state index in [0.29, 0.717) is 28.2 Å². The van der Waals surface area contributed by atoms with Gasteiger partial charge in [0.15, 0.2) is 0 Å². The van der Waals surface area contributed by atoms with Crippen molar-refractivity contribution in [3.05, 3.63) is 64.8 Å². The van der Waals surface area contributed by atoms with Crippen LogP contribution >= 0.6 is 11.6 Å². The van der Waals surface area contributed by atoms with Crippen LogP contribution in [-0.2, 0) is 6.54 Å². The van der Waals surface area contributed by atoms with E-state index in [2.05, 4.69) is 10.3 Å². The van der Waals surface area contributed by atoms with Gasteiger partial charge in [0, 0.05) is 23.2 Å². The average Bonchev–Trinajstić information content (AvgIpc) is 2.66. The van der Waals surface area contributed by atoms with Gasteiger partial charge in [-0.15, -0.1) is 0 Å². The van der Waals surface area contributed by atoms with Crippen molar-refractivity contribution in [3.63, 3.8) is 0 Å². The minimum atomic E-state index is -0.437. The predicted molar refractivity (Wildman–Crippen MR) is 98.6 cm³/mol. The van der Waals surface area contributed by atoms with Crippen LogP contribution in [0, 0.1) is 0 Å². The third-order valence-corrected chi connectivity index (χ3v) is 4.04. The Bertz CT molecular complexity index is 929. The highest BCUT2D eigenvalue weighted by Crippen LogP contribution is 2.32. The van der Waals surface area contributed by atoms with Gasteiger partial charge < -0.3 is 20.3 Å². The number of ether oxygens (including phenoxy) is 1. The first kappa shape index (κ1) is 18.0. The van der Waals surface area contributed by atoms with E-state index in [0.717, 1.165) is 5.56 Å². The Morgan fingerprint density at radius 2 is 1.96 bits per heavy atom. The lowest BCUT2D eigenvalue weighted by Crippen LogP contribution is -2.23. The molecule has 1 heterocycles. The molecule has 0 aliphatic heterocycles. The fourth-order valence-electron chi connectivity index (χ4n) is 2.50. The van der Waals surface area contributed by atoms with Crippen molar-refractivity contribution in [2.45, 2.75) is 6.54 Å². The van der Waals surface area contributed by atoms with E-state index >= 15 is 0 Å². The van der Waals surface area contributed by atoms with Crippen molar-refractivity contribution >= 4 is 28.4 Å². The molecule has 0 bridgehead atoms. The summed E-state index contributed by atoms with van der Waals surface area (Å²) in [5, 5.41) is 23.1. The largest absolute Gasteiger partial charge is 0.506 e. The Morgan fingerprint density at radius 3 is 2.69 bits per heavy atom. The van der Waals surface area contributed by atoms with Gasteiger partial charge in [0.2, 0.25) is 0 Å². The SMILES string of the molecule is O=C(NCc1ccc(Cl)cc1)c1cnc2c(OCCO)cccc2c1O. The van der Waals surface area contributed by atoms with Gasteiger partial charge >= 0.3 is 0 Å². The summed E-state index contributed by atoms with van der Waals surface area (Å²) < 4.78 is 5.40. The average molecular weight is 373 g/mol. The summed E-state index contributed by atoms with van der Waals surface area (Å²) >= 11 is 5.84. The number of rotatable bonds is 6. The number of halogens is 1. The van der Waals surface area contributed by atoms with E-state index in [4.69, 9.17) is 21.4 Å². The fourth-order valence-corrected chi connectivity index (χ4v) is 2.63. The quantitative estimate of drug-likeness (QED) is 0.618. The van der Waals surface area contributed by atoms with Crippen LogP contribution in [0.25, 0.3) is 10.9 Å². The molecular weight excluding hydrogens is 356 g/mol. The number of aromatic nitrogens is 1. The number of amides is 1. The molecule has 26 heavy (non-hydrogen) atoms. The zero-order valence-corrected chi connectivity index (χ0v) is 14.5. The van der Waals surface area contributed by atoms with Gasteiger partial charge in [-0.1, -0.05) is 29.8 Å². The number of carbonyl (C=O) groups is 1. The number of hydrogen-bond acceptors (Lipinski definition) is 5. The molecule has 0 saturated heterocycles. The van der Waals surface area contributed by atoms with Crippen LogP contribution < -0.4 is 10.1 Å². The van der Waals surface area contributed by atoms with E-state index in [1.165, 1.54) is 6.20 Å². The van der Waals surface area contributed by atoms with Crippen molar-refractivity contribution in [2.24, 2.45) is 0 Å². The van der Waals surface area contributed by atoms with Gasteiger partial charge in [-0.3, -0.25) is 9.78 Å². The number of nitrogens with one attached hydrogen (secondary N) is 1. The number of aliphatic hydroxyl groups is 1. The van der Waals surface area contributed by atoms with Gasteiger partial charge in [-0.25, -0.2) is 0 Å². The monoisotopic (exact) mass is 372 g/mol. The van der Waals surface area contributed by atoms with E-state index in [1.54, 1.807) is 30.3 Å². The lowest BCUT2D eigenvalue weighted by molar-refractivity contribution is 0.0948. The molecule has 1 amide bonds. The fraction of sp³-hybridized carbons (Fsp3) is 0.158. The number of pyridine rings is 1. The summed E-state index contributed by atoms with van der Waals surface area (Å²) in [7, 11) is 0. The summed E-state index contributed by atoms with van der Waals surface area (Å²) in [6, 6.07) is 12.1. The standard InChI is InChI=1S/C19H17ClN2O4/c20-13-6-4-12(5-7-13)10-22-19(25)15-11-21-17-14(18(15)24)2-1-3-16(17)26-9-8-23/h1-7,11,23H,8-10H2,(H,21,24)(H,22,25). The third-order valence-electron chi connectivity index (χ3n) is 3.79. The summed E-state index contributed by atoms with van der Waals surface area (Å²) in [5.41, 5.74) is 1.38. The molecule has 1 aromatic heterocycles. The van der Waals surface area contributed by atoms with Crippen LogP contribution in [-0.4, -0.2) is 34.3 Å². The number of nitrogens with zero attached hydrogens (tertiary/aromatic N) is 1. The first-order valence-electron chi connectivity index (χ1n) is 7.97. The number of aromatic hydroxyl groups is 1. The number of aliphatic hydroxyl groups excluding tert-OH is 1. The van der Waals surface area contributed by atoms with E-state index in [9.17, 15) is 9.90 Å². The van der Waals surface area contributed by atoms with Crippen LogP contribution in [0.1, 0.15) is 15.9 Å². The highest BCUT2D eigenvalue weighted by Gasteiger charge is 2.16. The maximum absolute atomic E-state index is 12.4. The normalized spacial score (nSPS) is 10.7. The summed E-state index contributed by atoms with van der Waals surface area (Å²) in [6.07, 6.45) is 1.31. The molecule has 7 heteroatoms. The van der Waals surface area contributed by atoms with Crippen LogP contribution in [0.2, 0.25) is 5.02 Å². The third kappa shape index (κ3) is 3.87. The Labute approximate surface area is 155 Å². The lowest BCUT2D eigenvalue weighted by Gasteiger charge is -2.11. The molecule has 3 N–H and O–H groups in total. The molecule has 0 radical (unpaired) electrons. The molecular formula is C19H17ClN2O4.